The molecule has 0 aliphatic carbocycles. The van der Waals surface area contributed by atoms with Crippen LogP contribution in [0.3, 0.4) is 0 Å². The average molecular weight is 475 g/mol. The van der Waals surface area contributed by atoms with Crippen molar-refractivity contribution >= 4 is 29.1 Å². The first-order valence-corrected chi connectivity index (χ1v) is 11.6. The van der Waals surface area contributed by atoms with Crippen LogP contribution >= 0.6 is 11.3 Å². The van der Waals surface area contributed by atoms with Gasteiger partial charge in [-0.15, -0.1) is 11.3 Å². The Balaban J connectivity index is 2.05. The summed E-state index contributed by atoms with van der Waals surface area (Å²) in [6.45, 7) is 6.00. The van der Waals surface area contributed by atoms with Crippen molar-refractivity contribution in [3.8, 4) is 5.75 Å². The lowest BCUT2D eigenvalue weighted by atomic mass is 9.85. The maximum absolute atomic E-state index is 13.7. The standard InChI is InChI=1S/C23H30N4O5S/c1-22(2,3)17-6-5-15(9-18(17)32-4)20(29)27-8-7-26(19(28)11-24)13-23(27,21(30)31)10-16-12-33-14-25-16/h5-6,9,12,14H,7-8,10-11,13,24H2,1-4H3,(H,30,31). The SMILES string of the molecule is COc1cc(C(=O)N2CCN(C(=O)CN)CC2(Cc2cscn2)C(=O)O)ccc1C(C)(C)C. The Labute approximate surface area is 197 Å². The monoisotopic (exact) mass is 474 g/mol. The molecule has 1 aliphatic heterocycles. The first kappa shape index (κ1) is 24.7. The summed E-state index contributed by atoms with van der Waals surface area (Å²) in [5.74, 6) is -1.43. The number of hydrogen-bond acceptors (Lipinski definition) is 7. The highest BCUT2D eigenvalue weighted by Gasteiger charge is 2.51. The number of piperazine rings is 1. The van der Waals surface area contributed by atoms with Crippen LogP contribution in [0, 0.1) is 0 Å². The van der Waals surface area contributed by atoms with Gasteiger partial charge in [0.15, 0.2) is 5.54 Å². The fraction of sp³-hybridized carbons (Fsp3) is 0.478. The van der Waals surface area contributed by atoms with Crippen LogP contribution in [0.25, 0.3) is 0 Å². The minimum atomic E-state index is -1.68. The normalized spacial score (nSPS) is 18.8. The molecule has 1 unspecified atom stereocenters. The van der Waals surface area contributed by atoms with Gasteiger partial charge in [-0.25, -0.2) is 9.78 Å². The maximum Gasteiger partial charge on any atom is 0.331 e. The predicted molar refractivity (Wildman–Crippen MR) is 125 cm³/mol. The van der Waals surface area contributed by atoms with E-state index >= 15 is 0 Å². The average Bonchev–Trinajstić information content (AvgIpc) is 3.29. The summed E-state index contributed by atoms with van der Waals surface area (Å²) < 4.78 is 5.54. The van der Waals surface area contributed by atoms with Gasteiger partial charge in [-0.2, -0.15) is 0 Å². The summed E-state index contributed by atoms with van der Waals surface area (Å²) in [5, 5.41) is 12.1. The molecule has 1 aliphatic rings. The van der Waals surface area contributed by atoms with Crippen LogP contribution in [-0.2, 0) is 21.4 Å². The zero-order valence-corrected chi connectivity index (χ0v) is 20.1. The van der Waals surface area contributed by atoms with Crippen LogP contribution in [0.2, 0.25) is 0 Å². The number of rotatable bonds is 6. The third-order valence-electron chi connectivity index (χ3n) is 5.95. The third-order valence-corrected chi connectivity index (χ3v) is 6.58. The summed E-state index contributed by atoms with van der Waals surface area (Å²) in [6.07, 6.45) is -0.0247. The molecule has 33 heavy (non-hydrogen) atoms. The molecule has 0 saturated carbocycles. The lowest BCUT2D eigenvalue weighted by molar-refractivity contribution is -0.156. The van der Waals surface area contributed by atoms with Gasteiger partial charge in [0.25, 0.3) is 5.91 Å². The van der Waals surface area contributed by atoms with Crippen molar-refractivity contribution in [3.63, 3.8) is 0 Å². The molecule has 2 aromatic rings. The minimum Gasteiger partial charge on any atom is -0.496 e. The molecule has 1 aromatic carbocycles. The molecule has 3 N–H and O–H groups in total. The van der Waals surface area contributed by atoms with E-state index in [4.69, 9.17) is 10.5 Å². The first-order chi connectivity index (χ1) is 15.5. The number of benzene rings is 1. The summed E-state index contributed by atoms with van der Waals surface area (Å²) in [6, 6.07) is 5.18. The van der Waals surface area contributed by atoms with Crippen molar-refractivity contribution < 1.29 is 24.2 Å². The predicted octanol–water partition coefficient (Wildman–Crippen LogP) is 1.76. The van der Waals surface area contributed by atoms with Crippen LogP contribution < -0.4 is 10.5 Å². The van der Waals surface area contributed by atoms with Crippen molar-refractivity contribution in [1.82, 2.24) is 14.8 Å². The number of aliphatic carboxylic acids is 1. The van der Waals surface area contributed by atoms with Crippen molar-refractivity contribution in [2.24, 2.45) is 5.73 Å². The van der Waals surface area contributed by atoms with Gasteiger partial charge in [-0.1, -0.05) is 26.8 Å². The van der Waals surface area contributed by atoms with Crippen LogP contribution in [0.15, 0.2) is 29.1 Å². The summed E-state index contributed by atoms with van der Waals surface area (Å²) in [7, 11) is 1.54. The molecule has 0 bridgehead atoms. The van der Waals surface area contributed by atoms with Crippen molar-refractivity contribution in [3.05, 3.63) is 45.9 Å². The van der Waals surface area contributed by atoms with Gasteiger partial charge in [-0.05, 0) is 23.1 Å². The summed E-state index contributed by atoms with van der Waals surface area (Å²) in [5.41, 5.74) is 7.07. The van der Waals surface area contributed by atoms with Crippen molar-refractivity contribution in [2.75, 3.05) is 33.3 Å². The topological polar surface area (TPSA) is 126 Å². The molecule has 0 radical (unpaired) electrons. The van der Waals surface area contributed by atoms with E-state index in [2.05, 4.69) is 4.98 Å². The van der Waals surface area contributed by atoms with Crippen molar-refractivity contribution in [1.29, 1.82) is 0 Å². The first-order valence-electron chi connectivity index (χ1n) is 10.6. The number of ether oxygens (including phenoxy) is 1. The van der Waals surface area contributed by atoms with Gasteiger partial charge in [0.1, 0.15) is 5.75 Å². The second-order valence-corrected chi connectivity index (χ2v) is 9.85. The molecule has 1 aromatic heterocycles. The molecule has 9 nitrogen and oxygen atoms in total. The second-order valence-electron chi connectivity index (χ2n) is 9.13. The van der Waals surface area contributed by atoms with Crippen molar-refractivity contribution in [2.45, 2.75) is 38.1 Å². The highest BCUT2D eigenvalue weighted by molar-refractivity contribution is 7.07. The van der Waals surface area contributed by atoms with Gasteiger partial charge < -0.3 is 25.4 Å². The molecule has 1 fully saturated rings. The Morgan fingerprint density at radius 2 is 2.00 bits per heavy atom. The molecule has 2 amide bonds. The number of carboxylic acids is 1. The van der Waals surface area contributed by atoms with Crippen LogP contribution in [0.4, 0.5) is 0 Å². The molecule has 1 saturated heterocycles. The number of hydrogen-bond donors (Lipinski definition) is 2. The fourth-order valence-electron chi connectivity index (χ4n) is 4.19. The van der Waals surface area contributed by atoms with E-state index in [9.17, 15) is 19.5 Å². The van der Waals surface area contributed by atoms with Gasteiger partial charge in [0, 0.05) is 30.5 Å². The third kappa shape index (κ3) is 4.86. The summed E-state index contributed by atoms with van der Waals surface area (Å²) in [4.78, 5) is 45.7. The van der Waals surface area contributed by atoms with E-state index in [1.54, 1.807) is 30.1 Å². The van der Waals surface area contributed by atoms with Crippen LogP contribution in [0.5, 0.6) is 5.75 Å². The number of thiazole rings is 1. The number of carbonyl (C=O) groups excluding carboxylic acids is 2. The Morgan fingerprint density at radius 3 is 2.55 bits per heavy atom. The maximum atomic E-state index is 13.7. The highest BCUT2D eigenvalue weighted by Crippen LogP contribution is 2.34. The molecule has 10 heteroatoms. The van der Waals surface area contributed by atoms with Gasteiger partial charge in [-0.3, -0.25) is 9.59 Å². The molecule has 2 heterocycles. The zero-order chi connectivity index (χ0) is 24.4. The van der Waals surface area contributed by atoms with Gasteiger partial charge >= 0.3 is 5.97 Å². The van der Waals surface area contributed by atoms with E-state index in [-0.39, 0.29) is 43.9 Å². The number of amides is 2. The minimum absolute atomic E-state index is 0.0247. The molecule has 1 atom stereocenters. The van der Waals surface area contributed by atoms with Crippen LogP contribution in [-0.4, -0.2) is 76.5 Å². The van der Waals surface area contributed by atoms with Crippen LogP contribution in [0.1, 0.15) is 42.4 Å². The Morgan fingerprint density at radius 1 is 1.27 bits per heavy atom. The molecule has 0 spiro atoms. The molecule has 178 valence electrons. The number of methoxy groups -OCH3 is 1. The number of carboxylic acid groups (broad SMARTS) is 1. The van der Waals surface area contributed by atoms with E-state index in [0.717, 1.165) is 5.56 Å². The second kappa shape index (κ2) is 9.48. The summed E-state index contributed by atoms with van der Waals surface area (Å²) >= 11 is 1.34. The number of nitrogens with zero attached hydrogens (tertiary/aromatic N) is 3. The smallest absolute Gasteiger partial charge is 0.331 e. The number of carbonyl (C=O) groups is 3. The van der Waals surface area contributed by atoms with Gasteiger partial charge in [0.2, 0.25) is 5.91 Å². The van der Waals surface area contributed by atoms with E-state index in [0.29, 0.717) is 17.0 Å². The number of aromatic nitrogens is 1. The quantitative estimate of drug-likeness (QED) is 0.653. The number of nitrogens with two attached hydrogens (primary N) is 1. The van der Waals surface area contributed by atoms with Gasteiger partial charge in [0.05, 0.1) is 31.4 Å². The molecular weight excluding hydrogens is 444 g/mol. The largest absolute Gasteiger partial charge is 0.496 e. The Kier molecular flexibility index (Phi) is 7.08. The Hall–Kier alpha value is -2.98. The lowest BCUT2D eigenvalue weighted by Crippen LogP contribution is -2.69. The molecular formula is C23H30N4O5S. The Bertz CT molecular complexity index is 1030. The zero-order valence-electron chi connectivity index (χ0n) is 19.3. The fourth-order valence-corrected chi connectivity index (χ4v) is 4.75. The van der Waals surface area contributed by atoms with E-state index in [1.807, 2.05) is 26.8 Å². The molecule has 3 rings (SSSR count). The lowest BCUT2D eigenvalue weighted by Gasteiger charge is -2.48. The van der Waals surface area contributed by atoms with E-state index in [1.165, 1.54) is 21.1 Å². The highest BCUT2D eigenvalue weighted by atomic mass is 32.1. The van der Waals surface area contributed by atoms with E-state index < -0.39 is 17.4 Å².